The van der Waals surface area contributed by atoms with Crippen molar-refractivity contribution in [1.82, 2.24) is 10.2 Å². The summed E-state index contributed by atoms with van der Waals surface area (Å²) in [6.07, 6.45) is 1.11. The first-order valence-corrected chi connectivity index (χ1v) is 15.1. The Morgan fingerprint density at radius 2 is 1.60 bits per heavy atom. The molecule has 0 spiro atoms. The van der Waals surface area contributed by atoms with Gasteiger partial charge in [0.15, 0.2) is 0 Å². The van der Waals surface area contributed by atoms with Gasteiger partial charge in [0.1, 0.15) is 18.4 Å². The van der Waals surface area contributed by atoms with Crippen LogP contribution in [-0.4, -0.2) is 49.5 Å². The maximum Gasteiger partial charge on any atom is 0.244 e. The summed E-state index contributed by atoms with van der Waals surface area (Å²) in [4.78, 5) is 29.0. The first-order valence-electron chi connectivity index (χ1n) is 12.5. The van der Waals surface area contributed by atoms with Crippen molar-refractivity contribution in [3.05, 3.63) is 99.8 Å². The Morgan fingerprint density at radius 3 is 2.17 bits per heavy atom. The van der Waals surface area contributed by atoms with E-state index in [1.807, 2.05) is 51.1 Å². The summed E-state index contributed by atoms with van der Waals surface area (Å²) in [5.41, 5.74) is 0.883. The molecule has 2 amide bonds. The zero-order chi connectivity index (χ0) is 29.7. The van der Waals surface area contributed by atoms with E-state index in [2.05, 4.69) is 5.32 Å². The molecule has 7 nitrogen and oxygen atoms in total. The number of hydrogen-bond donors (Lipinski definition) is 1. The lowest BCUT2D eigenvalue weighted by Crippen LogP contribution is -2.56. The van der Waals surface area contributed by atoms with Crippen LogP contribution in [0.2, 0.25) is 10.0 Å². The highest BCUT2D eigenvalue weighted by atomic mass is 35.5. The van der Waals surface area contributed by atoms with Gasteiger partial charge in [-0.05, 0) is 62.2 Å². The van der Waals surface area contributed by atoms with Crippen molar-refractivity contribution in [2.24, 2.45) is 0 Å². The minimum Gasteiger partial charge on any atom is -0.350 e. The lowest BCUT2D eigenvalue weighted by atomic mass is 10.0. The van der Waals surface area contributed by atoms with E-state index in [9.17, 15) is 22.4 Å². The largest absolute Gasteiger partial charge is 0.350 e. The van der Waals surface area contributed by atoms with E-state index in [0.29, 0.717) is 10.6 Å². The number of benzene rings is 3. The fourth-order valence-electron chi connectivity index (χ4n) is 4.09. The highest BCUT2D eigenvalue weighted by molar-refractivity contribution is 7.92. The average molecular weight is 609 g/mol. The number of carbonyl (C=O) groups excluding carboxylic acids is 2. The van der Waals surface area contributed by atoms with Crippen LogP contribution in [0.4, 0.5) is 10.1 Å². The van der Waals surface area contributed by atoms with Crippen LogP contribution >= 0.6 is 23.2 Å². The van der Waals surface area contributed by atoms with Gasteiger partial charge in [-0.1, -0.05) is 65.7 Å². The molecule has 0 saturated carbocycles. The van der Waals surface area contributed by atoms with Gasteiger partial charge in [-0.15, -0.1) is 0 Å². The van der Waals surface area contributed by atoms with Gasteiger partial charge in [-0.25, -0.2) is 12.8 Å². The summed E-state index contributed by atoms with van der Waals surface area (Å²) < 4.78 is 40.3. The summed E-state index contributed by atoms with van der Waals surface area (Å²) >= 11 is 12.1. The summed E-state index contributed by atoms with van der Waals surface area (Å²) in [6.45, 7) is 4.83. The number of halogens is 3. The van der Waals surface area contributed by atoms with E-state index in [1.54, 1.807) is 24.3 Å². The Hall–Kier alpha value is -3.14. The van der Waals surface area contributed by atoms with Crippen molar-refractivity contribution >= 4 is 50.7 Å². The Kier molecular flexibility index (Phi) is 10.2. The summed E-state index contributed by atoms with van der Waals surface area (Å²) in [5.74, 6) is -1.77. The third-order valence-electron chi connectivity index (χ3n) is 5.88. The van der Waals surface area contributed by atoms with E-state index in [4.69, 9.17) is 23.2 Å². The number of anilines is 1. The Morgan fingerprint density at radius 1 is 0.950 bits per heavy atom. The minimum atomic E-state index is -4.01. The Labute approximate surface area is 244 Å². The van der Waals surface area contributed by atoms with Crippen LogP contribution in [0.15, 0.2) is 72.8 Å². The average Bonchev–Trinajstić information content (AvgIpc) is 2.85. The predicted octanol–water partition coefficient (Wildman–Crippen LogP) is 5.45. The molecule has 3 aromatic rings. The zero-order valence-electron chi connectivity index (χ0n) is 22.7. The molecule has 40 heavy (non-hydrogen) atoms. The fraction of sp³-hybridized carbons (Fsp3) is 0.310. The number of rotatable bonds is 10. The van der Waals surface area contributed by atoms with Crippen molar-refractivity contribution in [3.63, 3.8) is 0 Å². The molecular formula is C29H32Cl2FN3O4S. The lowest BCUT2D eigenvalue weighted by molar-refractivity contribution is -0.140. The van der Waals surface area contributed by atoms with Crippen LogP contribution in [-0.2, 0) is 32.6 Å². The number of amides is 2. The standard InChI is InChI=1S/C29H32Cl2FN3O4S/c1-29(2,3)33-28(37)26(16-20-9-6-5-7-10-20)34(18-21-11-8-12-22(30)15-21)27(36)19-35(40(4,38)39)23-13-14-25(32)24(31)17-23/h5-15,17,26H,16,18-19H2,1-4H3,(H,33,37). The second-order valence-electron chi connectivity index (χ2n) is 10.5. The van der Waals surface area contributed by atoms with Crippen LogP contribution in [0.25, 0.3) is 0 Å². The van der Waals surface area contributed by atoms with Gasteiger partial charge in [0.05, 0.1) is 17.0 Å². The molecule has 1 atom stereocenters. The molecule has 0 aliphatic carbocycles. The van der Waals surface area contributed by atoms with Crippen molar-refractivity contribution in [2.45, 2.75) is 45.3 Å². The second-order valence-corrected chi connectivity index (χ2v) is 13.2. The first kappa shape index (κ1) is 31.4. The van der Waals surface area contributed by atoms with Crippen molar-refractivity contribution < 1.29 is 22.4 Å². The van der Waals surface area contributed by atoms with Crippen LogP contribution in [0.5, 0.6) is 0 Å². The van der Waals surface area contributed by atoms with E-state index in [0.717, 1.165) is 28.3 Å². The Bertz CT molecular complexity index is 1460. The second kappa shape index (κ2) is 13.0. The SMILES string of the molecule is CC(C)(C)NC(=O)C(Cc1ccccc1)N(Cc1cccc(Cl)c1)C(=O)CN(c1ccc(F)c(Cl)c1)S(C)(=O)=O. The summed E-state index contributed by atoms with van der Waals surface area (Å²) in [7, 11) is -4.01. The van der Waals surface area contributed by atoms with E-state index < -0.39 is 45.8 Å². The quantitative estimate of drug-likeness (QED) is 0.332. The monoisotopic (exact) mass is 607 g/mol. The lowest BCUT2D eigenvalue weighted by Gasteiger charge is -2.35. The molecule has 3 rings (SSSR count). The number of carbonyl (C=O) groups is 2. The molecule has 0 aliphatic rings. The van der Waals surface area contributed by atoms with Gasteiger partial charge in [-0.3, -0.25) is 13.9 Å². The first-order chi connectivity index (χ1) is 18.6. The molecule has 0 fully saturated rings. The van der Waals surface area contributed by atoms with Crippen molar-refractivity contribution in [2.75, 3.05) is 17.1 Å². The number of hydrogen-bond acceptors (Lipinski definition) is 4. The van der Waals surface area contributed by atoms with Crippen LogP contribution in [0.3, 0.4) is 0 Å². The molecule has 1 unspecified atom stereocenters. The smallest absolute Gasteiger partial charge is 0.244 e. The topological polar surface area (TPSA) is 86.8 Å². The normalized spacial score (nSPS) is 12.5. The highest BCUT2D eigenvalue weighted by Crippen LogP contribution is 2.25. The molecule has 0 heterocycles. The van der Waals surface area contributed by atoms with E-state index >= 15 is 0 Å². The maximum absolute atomic E-state index is 14.0. The van der Waals surface area contributed by atoms with Gasteiger partial charge < -0.3 is 10.2 Å². The summed E-state index contributed by atoms with van der Waals surface area (Å²) in [5, 5.41) is 3.11. The number of nitrogens with zero attached hydrogens (tertiary/aromatic N) is 2. The van der Waals surface area contributed by atoms with Crippen LogP contribution in [0.1, 0.15) is 31.9 Å². The van der Waals surface area contributed by atoms with Crippen molar-refractivity contribution in [1.29, 1.82) is 0 Å². The van der Waals surface area contributed by atoms with Crippen LogP contribution in [0, 0.1) is 5.82 Å². The third-order valence-corrected chi connectivity index (χ3v) is 7.55. The van der Waals surface area contributed by atoms with Gasteiger partial charge in [-0.2, -0.15) is 0 Å². The number of sulfonamides is 1. The molecule has 0 bridgehead atoms. The van der Waals surface area contributed by atoms with Gasteiger partial charge in [0.25, 0.3) is 0 Å². The van der Waals surface area contributed by atoms with Gasteiger partial charge in [0, 0.05) is 23.5 Å². The molecule has 0 aromatic heterocycles. The molecule has 3 aromatic carbocycles. The van der Waals surface area contributed by atoms with Crippen LogP contribution < -0.4 is 9.62 Å². The zero-order valence-corrected chi connectivity index (χ0v) is 25.0. The Balaban J connectivity index is 2.09. The number of nitrogens with one attached hydrogen (secondary N) is 1. The molecule has 11 heteroatoms. The van der Waals surface area contributed by atoms with Crippen molar-refractivity contribution in [3.8, 4) is 0 Å². The summed E-state index contributed by atoms with van der Waals surface area (Å²) in [6, 6.07) is 18.5. The third kappa shape index (κ3) is 8.94. The molecule has 0 saturated heterocycles. The molecule has 214 valence electrons. The fourth-order valence-corrected chi connectivity index (χ4v) is 5.32. The van der Waals surface area contributed by atoms with E-state index in [1.165, 1.54) is 11.0 Å². The molecular weight excluding hydrogens is 576 g/mol. The molecule has 1 N–H and O–H groups in total. The molecule has 0 radical (unpaired) electrons. The maximum atomic E-state index is 14.0. The van der Waals surface area contributed by atoms with E-state index in [-0.39, 0.29) is 23.7 Å². The van der Waals surface area contributed by atoms with Gasteiger partial charge in [0.2, 0.25) is 21.8 Å². The van der Waals surface area contributed by atoms with Gasteiger partial charge >= 0.3 is 0 Å². The minimum absolute atomic E-state index is 0.0173. The highest BCUT2D eigenvalue weighted by Gasteiger charge is 2.34. The molecule has 0 aliphatic heterocycles. The predicted molar refractivity (Wildman–Crippen MR) is 157 cm³/mol.